The summed E-state index contributed by atoms with van der Waals surface area (Å²) in [5.41, 5.74) is 1.88. The van der Waals surface area contributed by atoms with E-state index in [0.717, 1.165) is 47.7 Å². The third kappa shape index (κ3) is 6.78. The van der Waals surface area contributed by atoms with Crippen LogP contribution in [-0.2, 0) is 4.74 Å². The van der Waals surface area contributed by atoms with Crippen molar-refractivity contribution in [1.82, 2.24) is 14.9 Å². The lowest BCUT2D eigenvalue weighted by Gasteiger charge is -2.36. The van der Waals surface area contributed by atoms with Gasteiger partial charge in [0.25, 0.3) is 5.91 Å². The Balaban J connectivity index is 1.39. The zero-order valence-corrected chi connectivity index (χ0v) is 23.9. The summed E-state index contributed by atoms with van der Waals surface area (Å²) in [4.78, 5) is 25.4. The number of aromatic amines is 1. The first kappa shape index (κ1) is 27.8. The summed E-state index contributed by atoms with van der Waals surface area (Å²) in [5.74, 6) is 1.71. The molecule has 1 fully saturated rings. The first-order chi connectivity index (χ1) is 18.0. The molecule has 0 atom stereocenters. The van der Waals surface area contributed by atoms with E-state index in [9.17, 15) is 4.79 Å². The van der Waals surface area contributed by atoms with Crippen LogP contribution in [0.3, 0.4) is 0 Å². The number of carbonyl (C=O) groups excluding carboxylic acids is 1. The quantitative estimate of drug-likeness (QED) is 0.356. The van der Waals surface area contributed by atoms with Crippen LogP contribution in [0.4, 0.5) is 11.5 Å². The lowest BCUT2D eigenvalue weighted by Crippen LogP contribution is -2.49. The average molecular weight is 522 g/mol. The number of anilines is 2. The zero-order chi connectivity index (χ0) is 27.5. The van der Waals surface area contributed by atoms with Crippen LogP contribution < -0.4 is 15.0 Å². The van der Waals surface area contributed by atoms with Gasteiger partial charge in [0.15, 0.2) is 5.82 Å². The van der Waals surface area contributed by atoms with Crippen LogP contribution in [-0.4, -0.2) is 70.8 Å². The van der Waals surface area contributed by atoms with Crippen molar-refractivity contribution in [3.8, 4) is 5.75 Å². The SMILES string of the molecule is CCC(C)(C)OCC(C)(C)Oc1ccc2[nH]c(C(=O)N3CCN(c4ncccc4NC(C)C)CC3)cc2c1. The molecule has 0 unspecified atom stereocenters. The highest BCUT2D eigenvalue weighted by molar-refractivity contribution is 5.98. The first-order valence-electron chi connectivity index (χ1n) is 13.7. The lowest BCUT2D eigenvalue weighted by atomic mass is 10.1. The molecule has 1 amide bonds. The second-order valence-electron chi connectivity index (χ2n) is 11.6. The third-order valence-corrected chi connectivity index (χ3v) is 6.98. The van der Waals surface area contributed by atoms with Gasteiger partial charge in [-0.25, -0.2) is 4.98 Å². The number of amides is 1. The fourth-order valence-electron chi connectivity index (χ4n) is 4.47. The summed E-state index contributed by atoms with van der Waals surface area (Å²) >= 11 is 0. The minimum atomic E-state index is -0.479. The molecule has 0 bridgehead atoms. The zero-order valence-electron chi connectivity index (χ0n) is 23.9. The van der Waals surface area contributed by atoms with Crippen molar-refractivity contribution in [1.29, 1.82) is 0 Å². The summed E-state index contributed by atoms with van der Waals surface area (Å²) in [6, 6.07) is 12.1. The lowest BCUT2D eigenvalue weighted by molar-refractivity contribution is -0.0824. The van der Waals surface area contributed by atoms with Gasteiger partial charge in [-0.1, -0.05) is 6.92 Å². The molecule has 0 spiro atoms. The van der Waals surface area contributed by atoms with Gasteiger partial charge in [-0.15, -0.1) is 0 Å². The number of ether oxygens (including phenoxy) is 2. The van der Waals surface area contributed by atoms with E-state index in [0.29, 0.717) is 31.4 Å². The number of aromatic nitrogens is 2. The highest BCUT2D eigenvalue weighted by Crippen LogP contribution is 2.28. The monoisotopic (exact) mass is 521 g/mol. The number of carbonyl (C=O) groups is 1. The Hall–Kier alpha value is -3.26. The number of pyridine rings is 1. The molecule has 38 heavy (non-hydrogen) atoms. The maximum Gasteiger partial charge on any atom is 0.270 e. The molecule has 1 saturated heterocycles. The smallest absolute Gasteiger partial charge is 0.270 e. The predicted octanol–water partition coefficient (Wildman–Crippen LogP) is 5.71. The maximum atomic E-state index is 13.3. The molecular formula is C30H43N5O3. The summed E-state index contributed by atoms with van der Waals surface area (Å²) in [6.07, 6.45) is 2.75. The van der Waals surface area contributed by atoms with E-state index >= 15 is 0 Å². The Morgan fingerprint density at radius 2 is 1.82 bits per heavy atom. The summed E-state index contributed by atoms with van der Waals surface area (Å²) in [6.45, 7) is 17.8. The second kappa shape index (κ2) is 11.2. The summed E-state index contributed by atoms with van der Waals surface area (Å²) in [5, 5.41) is 4.42. The van der Waals surface area contributed by atoms with Gasteiger partial charge in [-0.3, -0.25) is 4.79 Å². The van der Waals surface area contributed by atoms with Crippen molar-refractivity contribution in [2.24, 2.45) is 0 Å². The average Bonchev–Trinajstić information content (AvgIpc) is 3.31. The fourth-order valence-corrected chi connectivity index (χ4v) is 4.47. The molecule has 1 aromatic carbocycles. The van der Waals surface area contributed by atoms with E-state index in [4.69, 9.17) is 9.47 Å². The highest BCUT2D eigenvalue weighted by atomic mass is 16.6. The molecule has 4 rings (SSSR count). The number of H-pyrrole nitrogens is 1. The third-order valence-electron chi connectivity index (χ3n) is 6.98. The van der Waals surface area contributed by atoms with Gasteiger partial charge in [0.1, 0.15) is 17.0 Å². The Labute approximate surface area is 226 Å². The molecule has 8 heteroatoms. The van der Waals surface area contributed by atoms with Crippen LogP contribution in [0.5, 0.6) is 5.75 Å². The minimum Gasteiger partial charge on any atom is -0.485 e. The molecule has 3 aromatic rings. The van der Waals surface area contributed by atoms with Crippen molar-refractivity contribution < 1.29 is 14.3 Å². The van der Waals surface area contributed by atoms with Gasteiger partial charge in [0.05, 0.1) is 17.9 Å². The molecule has 1 aliphatic rings. The van der Waals surface area contributed by atoms with Crippen LogP contribution >= 0.6 is 0 Å². The van der Waals surface area contributed by atoms with Gasteiger partial charge < -0.3 is 29.6 Å². The normalized spacial score (nSPS) is 14.8. The second-order valence-corrected chi connectivity index (χ2v) is 11.6. The number of piperazine rings is 1. The number of nitrogens with zero attached hydrogens (tertiary/aromatic N) is 3. The van der Waals surface area contributed by atoms with E-state index in [1.54, 1.807) is 0 Å². The number of nitrogens with one attached hydrogen (secondary N) is 2. The predicted molar refractivity (Wildman–Crippen MR) is 154 cm³/mol. The Kier molecular flexibility index (Phi) is 8.21. The molecule has 8 nitrogen and oxygen atoms in total. The van der Waals surface area contributed by atoms with Crippen LogP contribution in [0.1, 0.15) is 65.4 Å². The van der Waals surface area contributed by atoms with Crippen LogP contribution in [0.25, 0.3) is 10.9 Å². The standard InChI is InChI=1S/C30H43N5O3/c1-8-29(4,5)37-20-30(6,7)38-23-11-12-24-22(18-23)19-26(33-24)28(36)35-16-14-34(15-17-35)27-25(32-21(2)3)10-9-13-31-27/h9-13,18-19,21,32-33H,8,14-17,20H2,1-7H3. The van der Waals surface area contributed by atoms with Crippen LogP contribution in [0.15, 0.2) is 42.6 Å². The number of benzene rings is 1. The molecule has 206 valence electrons. The van der Waals surface area contributed by atoms with Crippen LogP contribution in [0, 0.1) is 0 Å². The Morgan fingerprint density at radius 1 is 1.08 bits per heavy atom. The van der Waals surface area contributed by atoms with Gasteiger partial charge in [0, 0.05) is 49.3 Å². The van der Waals surface area contributed by atoms with E-state index in [1.807, 2.05) is 55.3 Å². The molecular weight excluding hydrogens is 478 g/mol. The molecule has 0 saturated carbocycles. The minimum absolute atomic E-state index is 0.0143. The largest absolute Gasteiger partial charge is 0.485 e. The number of hydrogen-bond acceptors (Lipinski definition) is 6. The summed E-state index contributed by atoms with van der Waals surface area (Å²) < 4.78 is 12.3. The van der Waals surface area contributed by atoms with Crippen molar-refractivity contribution >= 4 is 28.3 Å². The molecule has 1 aliphatic heterocycles. The van der Waals surface area contributed by atoms with Crippen molar-refractivity contribution in [3.63, 3.8) is 0 Å². The Morgan fingerprint density at radius 3 is 2.50 bits per heavy atom. The van der Waals surface area contributed by atoms with E-state index in [1.165, 1.54) is 0 Å². The number of fused-ring (bicyclic) bond motifs is 1. The first-order valence-corrected chi connectivity index (χ1v) is 13.7. The topological polar surface area (TPSA) is 82.7 Å². The van der Waals surface area contributed by atoms with Gasteiger partial charge in [-0.05, 0) is 84.4 Å². The molecule has 2 N–H and O–H groups in total. The fraction of sp³-hybridized carbons (Fsp3) is 0.533. The van der Waals surface area contributed by atoms with Crippen LogP contribution in [0.2, 0.25) is 0 Å². The van der Waals surface area contributed by atoms with E-state index < -0.39 is 5.60 Å². The molecule has 0 aliphatic carbocycles. The van der Waals surface area contributed by atoms with Crippen molar-refractivity contribution in [3.05, 3.63) is 48.3 Å². The Bertz CT molecular complexity index is 1240. The maximum absolute atomic E-state index is 13.3. The van der Waals surface area contributed by atoms with E-state index in [-0.39, 0.29) is 11.5 Å². The highest BCUT2D eigenvalue weighted by Gasteiger charge is 2.27. The molecule has 2 aromatic heterocycles. The number of hydrogen-bond donors (Lipinski definition) is 2. The number of rotatable bonds is 10. The van der Waals surface area contributed by atoms with Gasteiger partial charge >= 0.3 is 0 Å². The summed E-state index contributed by atoms with van der Waals surface area (Å²) in [7, 11) is 0. The molecule has 3 heterocycles. The van der Waals surface area contributed by atoms with Crippen molar-refractivity contribution in [2.75, 3.05) is 43.0 Å². The van der Waals surface area contributed by atoms with E-state index in [2.05, 4.69) is 60.9 Å². The molecule has 0 radical (unpaired) electrons. The van der Waals surface area contributed by atoms with Gasteiger partial charge in [-0.2, -0.15) is 0 Å². The van der Waals surface area contributed by atoms with Crippen molar-refractivity contribution in [2.45, 2.75) is 72.1 Å². The van der Waals surface area contributed by atoms with Gasteiger partial charge in [0.2, 0.25) is 0 Å².